The first kappa shape index (κ1) is 15.5. The Balaban J connectivity index is 1.61. The van der Waals surface area contributed by atoms with Crippen LogP contribution < -0.4 is 0 Å². The zero-order valence-electron chi connectivity index (χ0n) is 14.4. The summed E-state index contributed by atoms with van der Waals surface area (Å²) in [7, 11) is 0. The van der Waals surface area contributed by atoms with Gasteiger partial charge in [0.05, 0.1) is 12.3 Å². The number of benzene rings is 2. The van der Waals surface area contributed by atoms with Gasteiger partial charge >= 0.3 is 0 Å². The van der Waals surface area contributed by atoms with Gasteiger partial charge < -0.3 is 0 Å². The monoisotopic (exact) mass is 353 g/mol. The highest BCUT2D eigenvalue weighted by molar-refractivity contribution is 7.08. The van der Waals surface area contributed by atoms with Gasteiger partial charge in [-0.2, -0.15) is 11.3 Å². The summed E-state index contributed by atoms with van der Waals surface area (Å²) >= 11 is 1.73. The Labute approximate surface area is 158 Å². The van der Waals surface area contributed by atoms with Crippen LogP contribution in [0.4, 0.5) is 0 Å². The molecule has 0 bridgehead atoms. The van der Waals surface area contributed by atoms with Crippen molar-refractivity contribution in [3.05, 3.63) is 117 Å². The third-order valence-electron chi connectivity index (χ3n) is 5.46. The van der Waals surface area contributed by atoms with E-state index in [0.29, 0.717) is 0 Å². The summed E-state index contributed by atoms with van der Waals surface area (Å²) in [4.78, 5) is 4.87. The van der Waals surface area contributed by atoms with Crippen LogP contribution >= 0.6 is 11.3 Å². The average Bonchev–Trinajstić information content (AvgIpc) is 3.38. The molecule has 0 atom stereocenters. The van der Waals surface area contributed by atoms with Gasteiger partial charge in [0.25, 0.3) is 0 Å². The molecule has 5 rings (SSSR count). The van der Waals surface area contributed by atoms with Crippen LogP contribution in [-0.4, -0.2) is 12.3 Å². The van der Waals surface area contributed by atoms with E-state index in [-0.39, 0.29) is 5.41 Å². The van der Waals surface area contributed by atoms with Crippen molar-refractivity contribution in [2.75, 3.05) is 6.54 Å². The molecular formula is C24H19NS. The summed E-state index contributed by atoms with van der Waals surface area (Å²) in [5.41, 5.74) is 7.76. The molecule has 1 aromatic heterocycles. The van der Waals surface area contributed by atoms with Gasteiger partial charge in [-0.1, -0.05) is 72.8 Å². The van der Waals surface area contributed by atoms with Gasteiger partial charge in [-0.3, -0.25) is 4.99 Å². The SMILES string of the molecule is C1=CC(c2ccccc2)(c2ccccc2)CC2=C1C(c1ccsc1)=NC2. The van der Waals surface area contributed by atoms with Crippen molar-refractivity contribution < 1.29 is 0 Å². The molecule has 0 saturated carbocycles. The van der Waals surface area contributed by atoms with Crippen molar-refractivity contribution in [1.29, 1.82) is 0 Å². The fourth-order valence-electron chi connectivity index (χ4n) is 4.16. The highest BCUT2D eigenvalue weighted by Gasteiger charge is 2.37. The van der Waals surface area contributed by atoms with Crippen molar-refractivity contribution in [1.82, 2.24) is 0 Å². The van der Waals surface area contributed by atoms with Crippen LogP contribution in [0.5, 0.6) is 0 Å². The Morgan fingerprint density at radius 1 is 0.846 bits per heavy atom. The quantitative estimate of drug-likeness (QED) is 0.565. The van der Waals surface area contributed by atoms with Gasteiger partial charge in [0.1, 0.15) is 0 Å². The third kappa shape index (κ3) is 2.41. The lowest BCUT2D eigenvalue weighted by Crippen LogP contribution is -2.29. The lowest BCUT2D eigenvalue weighted by atomic mass is 9.67. The molecular weight excluding hydrogens is 334 g/mol. The lowest BCUT2D eigenvalue weighted by molar-refractivity contribution is 0.620. The van der Waals surface area contributed by atoms with E-state index in [4.69, 9.17) is 4.99 Å². The second-order valence-corrected chi connectivity index (χ2v) is 7.69. The van der Waals surface area contributed by atoms with Crippen LogP contribution in [0, 0.1) is 0 Å². The third-order valence-corrected chi connectivity index (χ3v) is 6.15. The van der Waals surface area contributed by atoms with Crippen molar-refractivity contribution >= 4 is 17.0 Å². The maximum absolute atomic E-state index is 4.87. The first-order valence-electron chi connectivity index (χ1n) is 8.96. The minimum absolute atomic E-state index is 0.110. The van der Waals surface area contributed by atoms with E-state index in [1.807, 2.05) is 0 Å². The lowest BCUT2D eigenvalue weighted by Gasteiger charge is -2.35. The predicted molar refractivity (Wildman–Crippen MR) is 110 cm³/mol. The Morgan fingerprint density at radius 3 is 2.15 bits per heavy atom. The van der Waals surface area contributed by atoms with Gasteiger partial charge in [0, 0.05) is 21.9 Å². The standard InChI is InChI=1S/C24H19NS/c1-3-7-20(8-4-1)24(21-9-5-2-6-10-21)13-11-22-19(15-24)16-25-23(22)18-12-14-26-17-18/h1-14,17H,15-16H2. The Hall–Kier alpha value is -2.71. The average molecular weight is 353 g/mol. The Bertz CT molecular complexity index is 969. The molecule has 0 N–H and O–H groups in total. The number of allylic oxidation sites excluding steroid dienone is 3. The molecule has 1 aliphatic heterocycles. The molecule has 0 radical (unpaired) electrons. The topological polar surface area (TPSA) is 12.4 Å². The number of aliphatic imine (C=N–C) groups is 1. The smallest absolute Gasteiger partial charge is 0.0731 e. The number of hydrogen-bond acceptors (Lipinski definition) is 2. The molecule has 1 nitrogen and oxygen atoms in total. The minimum atomic E-state index is -0.110. The first-order valence-corrected chi connectivity index (χ1v) is 9.91. The van der Waals surface area contributed by atoms with Crippen LogP contribution in [-0.2, 0) is 5.41 Å². The Morgan fingerprint density at radius 2 is 1.54 bits per heavy atom. The largest absolute Gasteiger partial charge is 0.280 e. The fourth-order valence-corrected chi connectivity index (χ4v) is 4.80. The van der Waals surface area contributed by atoms with Gasteiger partial charge in [-0.25, -0.2) is 0 Å². The first-order chi connectivity index (χ1) is 12.9. The molecule has 0 unspecified atom stereocenters. The van der Waals surface area contributed by atoms with E-state index in [1.165, 1.54) is 27.8 Å². The number of hydrogen-bond donors (Lipinski definition) is 0. The molecule has 0 spiro atoms. The summed E-state index contributed by atoms with van der Waals surface area (Å²) in [6, 6.07) is 23.9. The summed E-state index contributed by atoms with van der Waals surface area (Å²) in [5.74, 6) is 0. The second-order valence-electron chi connectivity index (χ2n) is 6.91. The van der Waals surface area contributed by atoms with Gasteiger partial charge in [-0.05, 0) is 34.6 Å². The maximum atomic E-state index is 4.87. The van der Waals surface area contributed by atoms with Gasteiger partial charge in [0.2, 0.25) is 0 Å². The highest BCUT2D eigenvalue weighted by Crippen LogP contribution is 2.45. The normalized spacial score (nSPS) is 17.9. The molecule has 26 heavy (non-hydrogen) atoms. The van der Waals surface area contributed by atoms with E-state index in [0.717, 1.165) is 18.7 Å². The molecule has 2 aromatic carbocycles. The van der Waals surface area contributed by atoms with Crippen LogP contribution in [0.15, 0.2) is 106 Å². The number of rotatable bonds is 3. The summed E-state index contributed by atoms with van der Waals surface area (Å²) < 4.78 is 0. The molecule has 2 heterocycles. The molecule has 1 aliphatic carbocycles. The second kappa shape index (κ2) is 6.22. The number of nitrogens with zero attached hydrogens (tertiary/aromatic N) is 1. The fraction of sp³-hybridized carbons (Fsp3) is 0.125. The maximum Gasteiger partial charge on any atom is 0.0731 e. The van der Waals surface area contributed by atoms with E-state index >= 15 is 0 Å². The summed E-state index contributed by atoms with van der Waals surface area (Å²) in [5, 5.41) is 4.32. The van der Waals surface area contributed by atoms with Crippen LogP contribution in [0.3, 0.4) is 0 Å². The van der Waals surface area contributed by atoms with E-state index in [9.17, 15) is 0 Å². The van der Waals surface area contributed by atoms with E-state index in [2.05, 4.69) is 89.6 Å². The van der Waals surface area contributed by atoms with Crippen LogP contribution in [0.2, 0.25) is 0 Å². The minimum Gasteiger partial charge on any atom is -0.280 e. The van der Waals surface area contributed by atoms with Crippen molar-refractivity contribution in [2.24, 2.45) is 4.99 Å². The van der Waals surface area contributed by atoms with Gasteiger partial charge in [-0.15, -0.1) is 0 Å². The molecule has 2 heteroatoms. The molecule has 126 valence electrons. The van der Waals surface area contributed by atoms with Crippen molar-refractivity contribution in [2.45, 2.75) is 11.8 Å². The predicted octanol–water partition coefficient (Wildman–Crippen LogP) is 5.79. The molecule has 2 aliphatic rings. The summed E-state index contributed by atoms with van der Waals surface area (Å²) in [6.45, 7) is 0.812. The van der Waals surface area contributed by atoms with E-state index < -0.39 is 0 Å². The van der Waals surface area contributed by atoms with Crippen LogP contribution in [0.1, 0.15) is 23.1 Å². The van der Waals surface area contributed by atoms with Gasteiger partial charge in [0.15, 0.2) is 0 Å². The Kier molecular flexibility index (Phi) is 3.72. The zero-order valence-corrected chi connectivity index (χ0v) is 15.2. The molecule has 0 saturated heterocycles. The highest BCUT2D eigenvalue weighted by atomic mass is 32.1. The van der Waals surface area contributed by atoms with Crippen molar-refractivity contribution in [3.63, 3.8) is 0 Å². The van der Waals surface area contributed by atoms with Crippen molar-refractivity contribution in [3.8, 4) is 0 Å². The molecule has 0 amide bonds. The number of thiophene rings is 1. The summed E-state index contributed by atoms with van der Waals surface area (Å²) in [6.07, 6.45) is 5.69. The molecule has 0 fully saturated rings. The van der Waals surface area contributed by atoms with Crippen LogP contribution in [0.25, 0.3) is 0 Å². The molecule has 3 aromatic rings. The zero-order chi connectivity index (χ0) is 17.4. The van der Waals surface area contributed by atoms with E-state index in [1.54, 1.807) is 11.3 Å².